The second-order valence-corrected chi connectivity index (χ2v) is 6.59. The van der Waals surface area contributed by atoms with Crippen molar-refractivity contribution in [1.29, 1.82) is 0 Å². The summed E-state index contributed by atoms with van der Waals surface area (Å²) in [6.45, 7) is 4.52. The maximum Gasteiger partial charge on any atom is 0.407 e. The quantitative estimate of drug-likeness (QED) is 0.868. The monoisotopic (exact) mass is 324 g/mol. The smallest absolute Gasteiger partial charge is 0.407 e. The van der Waals surface area contributed by atoms with Gasteiger partial charge in [0.1, 0.15) is 6.61 Å². The van der Waals surface area contributed by atoms with Crippen LogP contribution in [0.25, 0.3) is 0 Å². The van der Waals surface area contributed by atoms with Crippen molar-refractivity contribution in [3.8, 4) is 0 Å². The van der Waals surface area contributed by atoms with Crippen LogP contribution in [0.1, 0.15) is 29.5 Å². The number of carbonyl (C=O) groups excluding carboxylic acids is 1. The zero-order valence-corrected chi connectivity index (χ0v) is 14.2. The number of hydrogen-bond donors (Lipinski definition) is 2. The van der Waals surface area contributed by atoms with Gasteiger partial charge in [-0.3, -0.25) is 0 Å². The predicted octanol–water partition coefficient (Wildman–Crippen LogP) is 4.17. The molecule has 0 aliphatic heterocycles. The number of amides is 1. The molecule has 1 aliphatic carbocycles. The fourth-order valence-corrected chi connectivity index (χ4v) is 3.08. The minimum Gasteiger partial charge on any atom is -0.445 e. The van der Waals surface area contributed by atoms with Crippen LogP contribution in [0.4, 0.5) is 10.5 Å². The van der Waals surface area contributed by atoms with E-state index in [2.05, 4.69) is 42.7 Å². The number of benzene rings is 2. The van der Waals surface area contributed by atoms with Crippen LogP contribution in [0.15, 0.2) is 48.5 Å². The molecule has 2 aromatic rings. The molecule has 0 radical (unpaired) electrons. The van der Waals surface area contributed by atoms with Crippen LogP contribution in [0.3, 0.4) is 0 Å². The lowest BCUT2D eigenvalue weighted by atomic mass is 9.86. The van der Waals surface area contributed by atoms with E-state index in [9.17, 15) is 4.79 Å². The average molecular weight is 324 g/mol. The van der Waals surface area contributed by atoms with Gasteiger partial charge in [-0.25, -0.2) is 4.79 Å². The van der Waals surface area contributed by atoms with Crippen molar-refractivity contribution in [1.82, 2.24) is 5.32 Å². The molecule has 3 rings (SSSR count). The Labute approximate surface area is 143 Å². The fraction of sp³-hybridized carbons (Fsp3) is 0.350. The van der Waals surface area contributed by atoms with Gasteiger partial charge in [0.25, 0.3) is 0 Å². The van der Waals surface area contributed by atoms with E-state index >= 15 is 0 Å². The van der Waals surface area contributed by atoms with E-state index in [1.165, 1.54) is 11.1 Å². The van der Waals surface area contributed by atoms with E-state index in [-0.39, 0.29) is 12.1 Å². The van der Waals surface area contributed by atoms with Crippen LogP contribution in [-0.2, 0) is 11.3 Å². The van der Waals surface area contributed by atoms with Gasteiger partial charge in [0.05, 0.1) is 0 Å². The SMILES string of the molecule is Cc1cc(C)cc(NC2CC(NC(=O)OCc3ccccc3)C2)c1. The molecule has 0 atom stereocenters. The van der Waals surface area contributed by atoms with Gasteiger partial charge in [0.2, 0.25) is 0 Å². The first-order chi connectivity index (χ1) is 11.6. The van der Waals surface area contributed by atoms with Crippen LogP contribution in [-0.4, -0.2) is 18.2 Å². The Kier molecular flexibility index (Phi) is 5.04. The van der Waals surface area contributed by atoms with E-state index in [4.69, 9.17) is 4.74 Å². The number of hydrogen-bond acceptors (Lipinski definition) is 3. The Morgan fingerprint density at radius 1 is 1.04 bits per heavy atom. The summed E-state index contributed by atoms with van der Waals surface area (Å²) in [5.41, 5.74) is 4.67. The molecule has 1 fully saturated rings. The van der Waals surface area contributed by atoms with Gasteiger partial charge in [-0.1, -0.05) is 36.4 Å². The number of rotatable bonds is 5. The number of nitrogens with one attached hydrogen (secondary N) is 2. The van der Waals surface area contributed by atoms with E-state index in [0.29, 0.717) is 12.6 Å². The molecule has 2 aromatic carbocycles. The predicted molar refractivity (Wildman–Crippen MR) is 96.1 cm³/mol. The third-order valence-corrected chi connectivity index (χ3v) is 4.27. The van der Waals surface area contributed by atoms with Crippen molar-refractivity contribution >= 4 is 11.8 Å². The summed E-state index contributed by atoms with van der Waals surface area (Å²) < 4.78 is 5.25. The van der Waals surface area contributed by atoms with Crippen molar-refractivity contribution in [3.63, 3.8) is 0 Å². The molecule has 1 aliphatic rings. The summed E-state index contributed by atoms with van der Waals surface area (Å²) in [4.78, 5) is 11.8. The number of alkyl carbamates (subject to hydrolysis) is 1. The van der Waals surface area contributed by atoms with E-state index < -0.39 is 0 Å². The summed E-state index contributed by atoms with van der Waals surface area (Å²) in [6, 6.07) is 16.8. The van der Waals surface area contributed by atoms with Crippen LogP contribution in [0.2, 0.25) is 0 Å². The van der Waals surface area contributed by atoms with Gasteiger partial charge in [-0.2, -0.15) is 0 Å². The van der Waals surface area contributed by atoms with Gasteiger partial charge < -0.3 is 15.4 Å². The second kappa shape index (κ2) is 7.39. The Morgan fingerprint density at radius 3 is 2.38 bits per heavy atom. The van der Waals surface area contributed by atoms with Crippen molar-refractivity contribution in [2.45, 2.75) is 45.4 Å². The molecule has 2 N–H and O–H groups in total. The summed E-state index contributed by atoms with van der Waals surface area (Å²) in [7, 11) is 0. The number of anilines is 1. The second-order valence-electron chi connectivity index (χ2n) is 6.59. The molecule has 0 heterocycles. The summed E-state index contributed by atoms with van der Waals surface area (Å²) in [5, 5.41) is 6.45. The Bertz CT molecular complexity index is 674. The van der Waals surface area contributed by atoms with Gasteiger partial charge in [-0.05, 0) is 55.5 Å². The van der Waals surface area contributed by atoms with Gasteiger partial charge >= 0.3 is 6.09 Å². The molecule has 1 saturated carbocycles. The molecule has 0 aromatic heterocycles. The third-order valence-electron chi connectivity index (χ3n) is 4.27. The first-order valence-electron chi connectivity index (χ1n) is 8.40. The van der Waals surface area contributed by atoms with E-state index in [0.717, 1.165) is 24.1 Å². The zero-order valence-electron chi connectivity index (χ0n) is 14.2. The van der Waals surface area contributed by atoms with Crippen molar-refractivity contribution in [2.75, 3.05) is 5.32 Å². The minimum atomic E-state index is -0.339. The molecule has 0 bridgehead atoms. The normalized spacial score (nSPS) is 19.2. The Balaban J connectivity index is 1.38. The van der Waals surface area contributed by atoms with Crippen molar-refractivity contribution < 1.29 is 9.53 Å². The topological polar surface area (TPSA) is 50.4 Å². The molecule has 1 amide bonds. The largest absolute Gasteiger partial charge is 0.445 e. The first-order valence-corrected chi connectivity index (χ1v) is 8.40. The maximum atomic E-state index is 11.8. The Morgan fingerprint density at radius 2 is 1.71 bits per heavy atom. The number of ether oxygens (including phenoxy) is 1. The lowest BCUT2D eigenvalue weighted by Crippen LogP contribution is -2.49. The van der Waals surface area contributed by atoms with E-state index in [1.807, 2.05) is 30.3 Å². The van der Waals surface area contributed by atoms with Crippen molar-refractivity contribution in [2.24, 2.45) is 0 Å². The summed E-state index contributed by atoms with van der Waals surface area (Å²) >= 11 is 0. The molecule has 126 valence electrons. The molecule has 0 saturated heterocycles. The van der Waals surface area contributed by atoms with Crippen LogP contribution < -0.4 is 10.6 Å². The maximum absolute atomic E-state index is 11.8. The molecule has 4 nitrogen and oxygen atoms in total. The highest BCUT2D eigenvalue weighted by Gasteiger charge is 2.30. The van der Waals surface area contributed by atoms with Crippen LogP contribution >= 0.6 is 0 Å². The summed E-state index contributed by atoms with van der Waals surface area (Å²) in [5.74, 6) is 0. The van der Waals surface area contributed by atoms with Gasteiger partial charge in [-0.15, -0.1) is 0 Å². The van der Waals surface area contributed by atoms with Gasteiger partial charge in [0, 0.05) is 17.8 Å². The molecule has 24 heavy (non-hydrogen) atoms. The lowest BCUT2D eigenvalue weighted by Gasteiger charge is -2.36. The zero-order chi connectivity index (χ0) is 16.9. The standard InChI is InChI=1S/C20H24N2O2/c1-14-8-15(2)10-17(9-14)21-18-11-19(12-18)22-20(23)24-13-16-6-4-3-5-7-16/h3-10,18-19,21H,11-13H2,1-2H3,(H,22,23). The number of carbonyl (C=O) groups is 1. The van der Waals surface area contributed by atoms with Crippen LogP contribution in [0, 0.1) is 13.8 Å². The number of aryl methyl sites for hydroxylation is 2. The lowest BCUT2D eigenvalue weighted by molar-refractivity contribution is 0.129. The third kappa shape index (κ3) is 4.51. The average Bonchev–Trinajstić information content (AvgIpc) is 2.51. The first kappa shape index (κ1) is 16.4. The highest BCUT2D eigenvalue weighted by atomic mass is 16.5. The minimum absolute atomic E-state index is 0.191. The van der Waals surface area contributed by atoms with Crippen molar-refractivity contribution in [3.05, 3.63) is 65.2 Å². The Hall–Kier alpha value is -2.49. The molecular weight excluding hydrogens is 300 g/mol. The molecule has 4 heteroatoms. The summed E-state index contributed by atoms with van der Waals surface area (Å²) in [6.07, 6.45) is 1.51. The fourth-order valence-electron chi connectivity index (χ4n) is 3.08. The molecular formula is C20H24N2O2. The van der Waals surface area contributed by atoms with E-state index in [1.54, 1.807) is 0 Å². The highest BCUT2D eigenvalue weighted by molar-refractivity contribution is 5.67. The molecule has 0 unspecified atom stereocenters. The molecule has 0 spiro atoms. The van der Waals surface area contributed by atoms with Crippen LogP contribution in [0.5, 0.6) is 0 Å². The van der Waals surface area contributed by atoms with Gasteiger partial charge in [0.15, 0.2) is 0 Å². The highest BCUT2D eigenvalue weighted by Crippen LogP contribution is 2.25.